The normalized spacial score (nSPS) is 23.0. The summed E-state index contributed by atoms with van der Waals surface area (Å²) >= 11 is 1.63. The molecule has 1 aliphatic heterocycles. The number of aliphatic hydroxyl groups is 1. The zero-order valence-electron chi connectivity index (χ0n) is 10.6. The topological polar surface area (TPSA) is 49.3 Å². The first-order valence-corrected chi connectivity index (χ1v) is 7.40. The van der Waals surface area contributed by atoms with E-state index in [-0.39, 0.29) is 5.91 Å². The van der Waals surface area contributed by atoms with Gasteiger partial charge >= 0.3 is 0 Å². The van der Waals surface area contributed by atoms with Crippen LogP contribution in [0.15, 0.2) is 24.3 Å². The Hall–Kier alpha value is -1.000. The first-order chi connectivity index (χ1) is 8.62. The van der Waals surface area contributed by atoms with Crippen LogP contribution in [0.25, 0.3) is 0 Å². The van der Waals surface area contributed by atoms with Gasteiger partial charge in [-0.25, -0.2) is 0 Å². The van der Waals surface area contributed by atoms with Crippen molar-refractivity contribution in [2.75, 3.05) is 18.1 Å². The minimum atomic E-state index is -1.14. The average molecular weight is 265 g/mol. The molecule has 1 fully saturated rings. The molecule has 3 nitrogen and oxygen atoms in total. The number of thioether (sulfide) groups is 1. The average Bonchev–Trinajstić information content (AvgIpc) is 2.80. The third-order valence-electron chi connectivity index (χ3n) is 3.36. The first-order valence-electron chi connectivity index (χ1n) is 6.25. The van der Waals surface area contributed by atoms with Crippen LogP contribution in [0.5, 0.6) is 0 Å². The van der Waals surface area contributed by atoms with Crippen molar-refractivity contribution < 1.29 is 9.90 Å². The van der Waals surface area contributed by atoms with Crippen LogP contribution in [0.4, 0.5) is 0 Å². The molecule has 1 aromatic carbocycles. The Bertz CT molecular complexity index is 428. The molecular weight excluding hydrogens is 246 g/mol. The van der Waals surface area contributed by atoms with Gasteiger partial charge < -0.3 is 10.4 Å². The van der Waals surface area contributed by atoms with Gasteiger partial charge in [0.1, 0.15) is 0 Å². The number of amides is 1. The summed E-state index contributed by atoms with van der Waals surface area (Å²) in [6.07, 6.45) is 1.37. The summed E-state index contributed by atoms with van der Waals surface area (Å²) in [5, 5.41) is 12.9. The first kappa shape index (κ1) is 13.4. The highest BCUT2D eigenvalue weighted by atomic mass is 32.2. The van der Waals surface area contributed by atoms with Crippen molar-refractivity contribution in [3.05, 3.63) is 35.4 Å². The van der Waals surface area contributed by atoms with E-state index in [1.54, 1.807) is 11.8 Å². The third kappa shape index (κ3) is 3.06. The van der Waals surface area contributed by atoms with E-state index in [2.05, 4.69) is 24.4 Å². The van der Waals surface area contributed by atoms with Crippen LogP contribution in [-0.2, 0) is 11.2 Å². The molecule has 1 atom stereocenters. The fraction of sp³-hybridized carbons (Fsp3) is 0.500. The van der Waals surface area contributed by atoms with Gasteiger partial charge in [-0.1, -0.05) is 24.3 Å². The Labute approximate surface area is 112 Å². The standard InChI is InChI=1S/C14H19NO2S/c1-11-4-2-3-5-12(11)6-8-15-13(16)14(17)7-9-18-10-14/h2-5,17H,6-10H2,1H3,(H,15,16). The summed E-state index contributed by atoms with van der Waals surface area (Å²) in [4.78, 5) is 11.9. The zero-order valence-corrected chi connectivity index (χ0v) is 11.4. The van der Waals surface area contributed by atoms with Crippen LogP contribution in [0.2, 0.25) is 0 Å². The fourth-order valence-electron chi connectivity index (χ4n) is 2.10. The van der Waals surface area contributed by atoms with E-state index in [1.807, 2.05) is 12.1 Å². The van der Waals surface area contributed by atoms with Crippen molar-refractivity contribution in [3.8, 4) is 0 Å². The number of hydrogen-bond acceptors (Lipinski definition) is 3. The highest BCUT2D eigenvalue weighted by Gasteiger charge is 2.39. The number of benzene rings is 1. The fourth-order valence-corrected chi connectivity index (χ4v) is 3.34. The van der Waals surface area contributed by atoms with Crippen molar-refractivity contribution >= 4 is 17.7 Å². The van der Waals surface area contributed by atoms with Gasteiger partial charge in [-0.3, -0.25) is 4.79 Å². The second-order valence-corrected chi connectivity index (χ2v) is 5.87. The lowest BCUT2D eigenvalue weighted by Gasteiger charge is -2.20. The smallest absolute Gasteiger partial charge is 0.252 e. The lowest BCUT2D eigenvalue weighted by Crippen LogP contribution is -2.47. The van der Waals surface area contributed by atoms with Gasteiger partial charge in [0.05, 0.1) is 0 Å². The van der Waals surface area contributed by atoms with Gasteiger partial charge in [0, 0.05) is 12.3 Å². The van der Waals surface area contributed by atoms with Crippen molar-refractivity contribution in [1.29, 1.82) is 0 Å². The predicted molar refractivity (Wildman–Crippen MR) is 74.8 cm³/mol. The van der Waals surface area contributed by atoms with Crippen LogP contribution >= 0.6 is 11.8 Å². The maximum atomic E-state index is 11.9. The molecule has 1 heterocycles. The van der Waals surface area contributed by atoms with E-state index in [0.717, 1.165) is 12.2 Å². The Balaban J connectivity index is 1.82. The number of nitrogens with one attached hydrogen (secondary N) is 1. The molecule has 1 aliphatic rings. The van der Waals surface area contributed by atoms with E-state index in [1.165, 1.54) is 11.1 Å². The SMILES string of the molecule is Cc1ccccc1CCNC(=O)C1(O)CCSC1. The Morgan fingerprint density at radius 3 is 2.94 bits per heavy atom. The molecule has 1 unspecified atom stereocenters. The Kier molecular flexibility index (Phi) is 4.30. The number of rotatable bonds is 4. The van der Waals surface area contributed by atoms with E-state index in [9.17, 15) is 9.90 Å². The van der Waals surface area contributed by atoms with Gasteiger partial charge in [0.15, 0.2) is 5.60 Å². The number of aryl methyl sites for hydroxylation is 1. The quantitative estimate of drug-likeness (QED) is 0.868. The monoisotopic (exact) mass is 265 g/mol. The molecule has 1 saturated heterocycles. The second-order valence-electron chi connectivity index (χ2n) is 4.77. The predicted octanol–water partition coefficient (Wildman–Crippen LogP) is 1.52. The van der Waals surface area contributed by atoms with Crippen LogP contribution in [-0.4, -0.2) is 34.7 Å². The van der Waals surface area contributed by atoms with Crippen molar-refractivity contribution in [3.63, 3.8) is 0 Å². The minimum absolute atomic E-state index is 0.221. The van der Waals surface area contributed by atoms with Gasteiger partial charge in [-0.15, -0.1) is 0 Å². The molecule has 0 aromatic heterocycles. The van der Waals surface area contributed by atoms with E-state index < -0.39 is 5.60 Å². The lowest BCUT2D eigenvalue weighted by molar-refractivity contribution is -0.137. The Morgan fingerprint density at radius 1 is 1.50 bits per heavy atom. The number of carbonyl (C=O) groups excluding carboxylic acids is 1. The zero-order chi connectivity index (χ0) is 13.0. The molecule has 4 heteroatoms. The van der Waals surface area contributed by atoms with Crippen molar-refractivity contribution in [2.45, 2.75) is 25.4 Å². The summed E-state index contributed by atoms with van der Waals surface area (Å²) in [5.41, 5.74) is 1.34. The number of carbonyl (C=O) groups is 1. The second kappa shape index (κ2) is 5.76. The van der Waals surface area contributed by atoms with E-state index in [0.29, 0.717) is 18.7 Å². The van der Waals surface area contributed by atoms with Gasteiger partial charge in [0.25, 0.3) is 5.91 Å². The summed E-state index contributed by atoms with van der Waals surface area (Å²) < 4.78 is 0. The Morgan fingerprint density at radius 2 is 2.28 bits per heavy atom. The van der Waals surface area contributed by atoms with Crippen LogP contribution in [0, 0.1) is 6.92 Å². The van der Waals surface area contributed by atoms with Gasteiger partial charge in [-0.05, 0) is 36.6 Å². The maximum Gasteiger partial charge on any atom is 0.252 e. The lowest BCUT2D eigenvalue weighted by atomic mass is 10.0. The summed E-state index contributed by atoms with van der Waals surface area (Å²) in [6, 6.07) is 8.15. The molecular formula is C14H19NO2S. The minimum Gasteiger partial charge on any atom is -0.379 e. The molecule has 0 bridgehead atoms. The van der Waals surface area contributed by atoms with Crippen LogP contribution in [0.1, 0.15) is 17.5 Å². The summed E-state index contributed by atoms with van der Waals surface area (Å²) in [7, 11) is 0. The molecule has 98 valence electrons. The highest BCUT2D eigenvalue weighted by Crippen LogP contribution is 2.27. The highest BCUT2D eigenvalue weighted by molar-refractivity contribution is 7.99. The summed E-state index contributed by atoms with van der Waals surface area (Å²) in [5.74, 6) is 1.16. The largest absolute Gasteiger partial charge is 0.379 e. The molecule has 2 rings (SSSR count). The molecule has 0 radical (unpaired) electrons. The molecule has 0 aliphatic carbocycles. The van der Waals surface area contributed by atoms with Crippen molar-refractivity contribution in [1.82, 2.24) is 5.32 Å². The molecule has 0 spiro atoms. The van der Waals surface area contributed by atoms with E-state index >= 15 is 0 Å². The summed E-state index contributed by atoms with van der Waals surface area (Å²) in [6.45, 7) is 2.65. The molecule has 18 heavy (non-hydrogen) atoms. The van der Waals surface area contributed by atoms with Gasteiger partial charge in [0.2, 0.25) is 0 Å². The maximum absolute atomic E-state index is 11.9. The van der Waals surface area contributed by atoms with Crippen LogP contribution in [0.3, 0.4) is 0 Å². The molecule has 1 amide bonds. The van der Waals surface area contributed by atoms with Gasteiger partial charge in [-0.2, -0.15) is 11.8 Å². The third-order valence-corrected chi connectivity index (χ3v) is 4.54. The molecule has 2 N–H and O–H groups in total. The number of hydrogen-bond donors (Lipinski definition) is 2. The van der Waals surface area contributed by atoms with Crippen LogP contribution < -0.4 is 5.32 Å². The molecule has 1 aromatic rings. The van der Waals surface area contributed by atoms with Crippen molar-refractivity contribution in [2.24, 2.45) is 0 Å². The molecule has 0 saturated carbocycles. The van der Waals surface area contributed by atoms with E-state index in [4.69, 9.17) is 0 Å².